The molecule has 10 aromatic rings. The summed E-state index contributed by atoms with van der Waals surface area (Å²) < 4.78 is 10.9. The zero-order valence-corrected chi connectivity index (χ0v) is 34.1. The third-order valence-electron chi connectivity index (χ3n) is 11.2. The molecule has 1 saturated carbocycles. The Morgan fingerprint density at radius 1 is 0.609 bits per heavy atom. The Bertz CT molecular complexity index is 3360. The fraction of sp³-hybridized carbons (Fsp3) is 0.125. The zero-order valence-electron chi connectivity index (χ0n) is 34.1. The van der Waals surface area contributed by atoms with Crippen LogP contribution in [0.2, 0.25) is 0 Å². The van der Waals surface area contributed by atoms with Crippen molar-refractivity contribution in [3.63, 3.8) is 0 Å². The van der Waals surface area contributed by atoms with Crippen LogP contribution in [0.4, 0.5) is 11.6 Å². The van der Waals surface area contributed by atoms with Crippen LogP contribution in [-0.2, 0) is 22.4 Å². The summed E-state index contributed by atoms with van der Waals surface area (Å²) in [5.74, 6) is 1.85. The van der Waals surface area contributed by atoms with Crippen molar-refractivity contribution in [1.82, 2.24) is 50.2 Å². The summed E-state index contributed by atoms with van der Waals surface area (Å²) in [5.41, 5.74) is 11.9. The molecule has 10 aromatic heterocycles. The van der Waals surface area contributed by atoms with Crippen LogP contribution in [0.5, 0.6) is 0 Å². The van der Waals surface area contributed by atoms with Gasteiger partial charge in [0.05, 0.1) is 80.2 Å². The van der Waals surface area contributed by atoms with Crippen LogP contribution in [0.1, 0.15) is 46.7 Å². The fourth-order valence-electron chi connectivity index (χ4n) is 8.25. The van der Waals surface area contributed by atoms with Crippen molar-refractivity contribution in [1.29, 1.82) is 0 Å². The van der Waals surface area contributed by atoms with Gasteiger partial charge >= 0.3 is 0 Å². The first-order valence-corrected chi connectivity index (χ1v) is 20.6. The van der Waals surface area contributed by atoms with Crippen LogP contribution in [0, 0.1) is 6.92 Å². The first-order chi connectivity index (χ1) is 31.4. The number of amides is 2. The minimum atomic E-state index is -0.272. The van der Waals surface area contributed by atoms with Crippen molar-refractivity contribution in [2.75, 3.05) is 10.6 Å². The van der Waals surface area contributed by atoms with E-state index in [1.807, 2.05) is 85.1 Å². The first-order valence-electron chi connectivity index (χ1n) is 20.6. The lowest BCUT2D eigenvalue weighted by Crippen LogP contribution is -2.15. The van der Waals surface area contributed by atoms with Gasteiger partial charge in [-0.1, -0.05) is 22.4 Å². The van der Waals surface area contributed by atoms with E-state index >= 15 is 0 Å². The van der Waals surface area contributed by atoms with E-state index in [1.54, 1.807) is 44.0 Å². The number of carbonyl (C=O) groups is 2. The molecule has 16 heteroatoms. The summed E-state index contributed by atoms with van der Waals surface area (Å²) in [5, 5.41) is 14.0. The number of anilines is 2. The fourth-order valence-corrected chi connectivity index (χ4v) is 8.25. The second-order valence-electron chi connectivity index (χ2n) is 15.7. The zero-order chi connectivity index (χ0) is 43.1. The van der Waals surface area contributed by atoms with Crippen molar-refractivity contribution in [3.05, 3.63) is 157 Å². The SMILES string of the molecule is Cc1cc(CC(=O)Nc2cc(-c3[nH]c4cc(C5CC5c5cc(CC(=O)Nc6cc(-c7[nH]c8cccnc8c7-c7ccccn7)ccn6)no5)cnc4c3-c3ccccn3)ccn2)no1. The maximum atomic E-state index is 13.3. The number of carbonyl (C=O) groups excluding carboxylic acids is 2. The maximum Gasteiger partial charge on any atom is 0.231 e. The number of aromatic amines is 2. The number of nitrogens with zero attached hydrogens (tertiary/aromatic N) is 8. The average Bonchev–Trinajstić information content (AvgIpc) is 3.62. The third kappa shape index (κ3) is 7.53. The number of hydrogen-bond acceptors (Lipinski definition) is 12. The second-order valence-corrected chi connectivity index (χ2v) is 15.7. The predicted octanol–water partition coefficient (Wildman–Crippen LogP) is 8.61. The molecule has 4 N–H and O–H groups in total. The van der Waals surface area contributed by atoms with Gasteiger partial charge in [0.25, 0.3) is 0 Å². The number of fused-ring (bicyclic) bond motifs is 2. The van der Waals surface area contributed by atoms with Crippen LogP contribution in [0.3, 0.4) is 0 Å². The van der Waals surface area contributed by atoms with E-state index in [9.17, 15) is 9.59 Å². The number of rotatable bonds is 12. The summed E-state index contributed by atoms with van der Waals surface area (Å²) >= 11 is 0. The van der Waals surface area contributed by atoms with Crippen LogP contribution in [0.15, 0.2) is 137 Å². The minimum Gasteiger partial charge on any atom is -0.361 e. The molecule has 0 aliphatic heterocycles. The van der Waals surface area contributed by atoms with Crippen molar-refractivity contribution in [3.8, 4) is 45.0 Å². The van der Waals surface area contributed by atoms with Crippen LogP contribution < -0.4 is 10.6 Å². The number of pyridine rings is 6. The highest BCUT2D eigenvalue weighted by atomic mass is 16.5. The highest BCUT2D eigenvalue weighted by molar-refractivity contribution is 6.02. The van der Waals surface area contributed by atoms with Crippen LogP contribution in [-0.4, -0.2) is 62.0 Å². The smallest absolute Gasteiger partial charge is 0.231 e. The van der Waals surface area contributed by atoms with Gasteiger partial charge in [0, 0.05) is 66.4 Å². The van der Waals surface area contributed by atoms with Gasteiger partial charge < -0.3 is 29.6 Å². The van der Waals surface area contributed by atoms with E-state index in [0.717, 1.165) is 79.1 Å². The van der Waals surface area contributed by atoms with Crippen molar-refractivity contribution in [2.24, 2.45) is 0 Å². The first kappa shape index (κ1) is 38.3. The molecule has 1 aliphatic carbocycles. The van der Waals surface area contributed by atoms with Gasteiger partial charge in [0.15, 0.2) is 0 Å². The summed E-state index contributed by atoms with van der Waals surface area (Å²) in [6.45, 7) is 1.78. The van der Waals surface area contributed by atoms with E-state index in [4.69, 9.17) is 14.0 Å². The second kappa shape index (κ2) is 16.0. The Morgan fingerprint density at radius 3 is 1.84 bits per heavy atom. The highest BCUT2D eigenvalue weighted by Gasteiger charge is 2.43. The standard InChI is InChI=1S/C48H36N12O4/c1-26-17-30(59-63-26)22-41(61)57-40-20-28(11-16-52-40)46-44(35-8-3-5-13-50-35)48-37(56-46)18-29(25-54-48)32-24-33(32)38-21-31(60-64-38)23-42(62)58-39-19-27(10-15-51-39)45-43(34-7-2-4-12-49-34)47-36(55-45)9-6-14-53-47/h2-21,25,32-33,55-56H,22-24H2,1H3,(H,51,58,62)(H,52,57,61). The van der Waals surface area contributed by atoms with Crippen molar-refractivity contribution in [2.45, 2.75) is 38.0 Å². The Kier molecular flexibility index (Phi) is 9.56. The lowest BCUT2D eigenvalue weighted by Gasteiger charge is -2.07. The third-order valence-corrected chi connectivity index (χ3v) is 11.2. The monoisotopic (exact) mass is 844 g/mol. The number of aromatic nitrogens is 10. The van der Waals surface area contributed by atoms with E-state index in [-0.39, 0.29) is 36.5 Å². The van der Waals surface area contributed by atoms with Gasteiger partial charge in [-0.15, -0.1) is 0 Å². The molecule has 16 nitrogen and oxygen atoms in total. The van der Waals surface area contributed by atoms with E-state index < -0.39 is 0 Å². The van der Waals surface area contributed by atoms with Crippen LogP contribution >= 0.6 is 0 Å². The molecule has 64 heavy (non-hydrogen) atoms. The van der Waals surface area contributed by atoms with E-state index in [0.29, 0.717) is 34.5 Å². The molecule has 312 valence electrons. The minimum absolute atomic E-state index is 0.0129. The normalized spacial score (nSPS) is 14.5. The molecule has 1 fully saturated rings. The summed E-state index contributed by atoms with van der Waals surface area (Å²) in [4.78, 5) is 60.9. The Hall–Kier alpha value is -8.66. The van der Waals surface area contributed by atoms with Crippen molar-refractivity contribution < 1.29 is 18.6 Å². The van der Waals surface area contributed by atoms with Gasteiger partial charge in [-0.25, -0.2) is 9.97 Å². The van der Waals surface area contributed by atoms with Gasteiger partial charge in [-0.05, 0) is 91.6 Å². The summed E-state index contributed by atoms with van der Waals surface area (Å²) in [7, 11) is 0. The number of aryl methyl sites for hydroxylation is 1. The lowest BCUT2D eigenvalue weighted by molar-refractivity contribution is -0.116. The molecule has 0 spiro atoms. The van der Waals surface area contributed by atoms with Crippen LogP contribution in [0.25, 0.3) is 67.1 Å². The Morgan fingerprint density at radius 2 is 1.22 bits per heavy atom. The maximum absolute atomic E-state index is 13.3. The molecule has 0 bridgehead atoms. The lowest BCUT2D eigenvalue weighted by atomic mass is 10.0. The summed E-state index contributed by atoms with van der Waals surface area (Å²) in [6, 6.07) is 28.5. The number of hydrogen-bond donors (Lipinski definition) is 4. The molecule has 10 heterocycles. The molecule has 1 aliphatic rings. The largest absolute Gasteiger partial charge is 0.361 e. The van der Waals surface area contributed by atoms with Gasteiger partial charge in [-0.3, -0.25) is 29.5 Å². The van der Waals surface area contributed by atoms with E-state index in [2.05, 4.69) is 61.9 Å². The summed E-state index contributed by atoms with van der Waals surface area (Å²) in [6.07, 6.45) is 11.4. The number of nitrogens with one attached hydrogen (secondary N) is 4. The van der Waals surface area contributed by atoms with E-state index in [1.165, 1.54) is 0 Å². The number of H-pyrrole nitrogens is 2. The van der Waals surface area contributed by atoms with Gasteiger partial charge in [0.1, 0.15) is 23.2 Å². The predicted molar refractivity (Wildman–Crippen MR) is 238 cm³/mol. The molecule has 0 saturated heterocycles. The Labute approximate surface area is 363 Å². The van der Waals surface area contributed by atoms with Gasteiger partial charge in [-0.2, -0.15) is 0 Å². The van der Waals surface area contributed by atoms with Crippen molar-refractivity contribution >= 4 is 45.5 Å². The molecule has 2 unspecified atom stereocenters. The van der Waals surface area contributed by atoms with Gasteiger partial charge in [0.2, 0.25) is 11.8 Å². The molecular weight excluding hydrogens is 809 g/mol. The molecule has 2 atom stereocenters. The molecule has 0 radical (unpaired) electrons. The molecule has 2 amide bonds. The highest BCUT2D eigenvalue weighted by Crippen LogP contribution is 2.55. The Balaban J connectivity index is 0.792. The molecule has 0 aromatic carbocycles. The average molecular weight is 845 g/mol. The molecular formula is C48H36N12O4. The molecule has 11 rings (SSSR count). The quantitative estimate of drug-likeness (QED) is 0.0908. The topological polar surface area (TPSA) is 219 Å².